The summed E-state index contributed by atoms with van der Waals surface area (Å²) in [5.41, 5.74) is 0.308. The first-order valence-electron chi connectivity index (χ1n) is 3.73. The van der Waals surface area contributed by atoms with E-state index in [1.807, 2.05) is 0 Å². The van der Waals surface area contributed by atoms with E-state index >= 15 is 0 Å². The molecule has 6 heteroatoms. The molecule has 0 fully saturated rings. The maximum atomic E-state index is 11.4. The summed E-state index contributed by atoms with van der Waals surface area (Å²) in [6.45, 7) is 0. The van der Waals surface area contributed by atoms with Gasteiger partial charge in [0.25, 0.3) is 5.19 Å². The van der Waals surface area contributed by atoms with Gasteiger partial charge < -0.3 is 4.74 Å². The number of carbonyl (C=O) groups is 1. The number of hydrogen-bond donors (Lipinski definition) is 0. The van der Waals surface area contributed by atoms with Crippen LogP contribution < -0.4 is 4.74 Å². The molecule has 0 radical (unpaired) electrons. The molecule has 0 aliphatic rings. The van der Waals surface area contributed by atoms with E-state index in [2.05, 4.69) is 15.0 Å². The minimum absolute atomic E-state index is 0.308. The molecule has 2 heterocycles. The van der Waals surface area contributed by atoms with E-state index in [0.717, 1.165) is 0 Å². The highest BCUT2D eigenvalue weighted by Gasteiger charge is 2.09. The normalized spacial score (nSPS) is 9.71. The number of aromatic nitrogens is 3. The van der Waals surface area contributed by atoms with Crippen LogP contribution in [-0.4, -0.2) is 20.9 Å². The third kappa shape index (κ3) is 1.91. The average molecular weight is 207 g/mol. The zero-order chi connectivity index (χ0) is 9.80. The van der Waals surface area contributed by atoms with Gasteiger partial charge in [-0.25, -0.2) is 19.7 Å². The quantitative estimate of drug-likeness (QED) is 0.691. The molecule has 2 aromatic rings. The maximum Gasteiger partial charge on any atom is 0.348 e. The minimum Gasteiger partial charge on any atom is -0.394 e. The van der Waals surface area contributed by atoms with Crippen LogP contribution in [0.15, 0.2) is 30.3 Å². The van der Waals surface area contributed by atoms with Crippen LogP contribution in [-0.2, 0) is 0 Å². The highest BCUT2D eigenvalue weighted by molar-refractivity contribution is 7.11. The molecule has 0 amide bonds. The van der Waals surface area contributed by atoms with Gasteiger partial charge >= 0.3 is 5.97 Å². The molecule has 0 aromatic carbocycles. The first-order chi connectivity index (χ1) is 6.86. The minimum atomic E-state index is -0.499. The topological polar surface area (TPSA) is 65.0 Å². The fourth-order valence-corrected chi connectivity index (χ4v) is 1.29. The van der Waals surface area contributed by atoms with Crippen molar-refractivity contribution in [3.8, 4) is 5.19 Å². The molecule has 14 heavy (non-hydrogen) atoms. The molecule has 2 rings (SSSR count). The Kier molecular flexibility index (Phi) is 2.46. The molecule has 0 N–H and O–H groups in total. The molecule has 0 saturated heterocycles. The first-order valence-corrected chi connectivity index (χ1v) is 4.61. The van der Waals surface area contributed by atoms with Gasteiger partial charge in [-0.1, -0.05) is 11.3 Å². The molecule has 2 aromatic heterocycles. The van der Waals surface area contributed by atoms with Crippen LogP contribution in [0.5, 0.6) is 5.19 Å². The predicted octanol–water partition coefficient (Wildman–Crippen LogP) is 1.15. The molecule has 0 spiro atoms. The molecule has 0 atom stereocenters. The summed E-state index contributed by atoms with van der Waals surface area (Å²) >= 11 is 1.25. The highest BCUT2D eigenvalue weighted by atomic mass is 32.1. The largest absolute Gasteiger partial charge is 0.394 e. The molecule has 5 nitrogen and oxygen atoms in total. The summed E-state index contributed by atoms with van der Waals surface area (Å²) in [5, 5.41) is 2.04. The summed E-state index contributed by atoms with van der Waals surface area (Å²) in [6, 6.07) is 0. The smallest absolute Gasteiger partial charge is 0.348 e. The van der Waals surface area contributed by atoms with Crippen molar-refractivity contribution in [3.63, 3.8) is 0 Å². The van der Waals surface area contributed by atoms with Crippen molar-refractivity contribution in [2.75, 3.05) is 0 Å². The Labute approximate surface area is 83.4 Å². The number of carbonyl (C=O) groups excluding carboxylic acids is 1. The summed E-state index contributed by atoms with van der Waals surface area (Å²) in [7, 11) is 0. The van der Waals surface area contributed by atoms with E-state index in [1.165, 1.54) is 30.1 Å². The monoisotopic (exact) mass is 207 g/mol. The Morgan fingerprint density at radius 2 is 2.14 bits per heavy atom. The van der Waals surface area contributed by atoms with Crippen molar-refractivity contribution in [3.05, 3.63) is 35.9 Å². The van der Waals surface area contributed by atoms with E-state index in [-0.39, 0.29) is 0 Å². The Hall–Kier alpha value is -1.82. The van der Waals surface area contributed by atoms with Crippen LogP contribution >= 0.6 is 11.3 Å². The van der Waals surface area contributed by atoms with Gasteiger partial charge in [0.05, 0.1) is 5.56 Å². The van der Waals surface area contributed by atoms with Gasteiger partial charge in [0.15, 0.2) is 0 Å². The Morgan fingerprint density at radius 3 is 2.79 bits per heavy atom. The predicted molar refractivity (Wildman–Crippen MR) is 49.1 cm³/mol. The first kappa shape index (κ1) is 8.76. The van der Waals surface area contributed by atoms with Crippen molar-refractivity contribution in [1.29, 1.82) is 0 Å². The lowest BCUT2D eigenvalue weighted by atomic mass is 10.3. The summed E-state index contributed by atoms with van der Waals surface area (Å²) < 4.78 is 4.93. The average Bonchev–Trinajstić information content (AvgIpc) is 2.72. The molecule has 70 valence electrons. The molecule has 0 saturated carbocycles. The van der Waals surface area contributed by atoms with Crippen LogP contribution in [0.25, 0.3) is 0 Å². The van der Waals surface area contributed by atoms with Crippen LogP contribution in [0.1, 0.15) is 10.4 Å². The second-order valence-electron chi connectivity index (χ2n) is 2.31. The fourth-order valence-electron chi connectivity index (χ4n) is 0.803. The van der Waals surface area contributed by atoms with E-state index < -0.39 is 5.97 Å². The lowest BCUT2D eigenvalue weighted by molar-refractivity contribution is 0.0733. The number of thiazole rings is 1. The standard InChI is InChI=1S/C8H5N3O2S/c12-7(6-3-9-5-10-4-6)13-8-11-1-2-14-8/h1-5H. The van der Waals surface area contributed by atoms with Gasteiger partial charge in [-0.15, -0.1) is 0 Å². The second-order valence-corrected chi connectivity index (χ2v) is 3.17. The van der Waals surface area contributed by atoms with E-state index in [0.29, 0.717) is 10.8 Å². The van der Waals surface area contributed by atoms with Gasteiger partial charge in [-0.3, -0.25) is 0 Å². The molecule has 0 bridgehead atoms. The highest BCUT2D eigenvalue weighted by Crippen LogP contribution is 2.14. The molecule has 0 aliphatic heterocycles. The van der Waals surface area contributed by atoms with Crippen molar-refractivity contribution >= 4 is 17.3 Å². The molecular formula is C8H5N3O2S. The Bertz CT molecular complexity index is 415. The second kappa shape index (κ2) is 3.93. The zero-order valence-corrected chi connectivity index (χ0v) is 7.77. The number of esters is 1. The lowest BCUT2D eigenvalue weighted by Crippen LogP contribution is -2.08. The van der Waals surface area contributed by atoms with E-state index in [9.17, 15) is 4.79 Å². The van der Waals surface area contributed by atoms with Gasteiger partial charge in [-0.2, -0.15) is 0 Å². The molecular weight excluding hydrogens is 202 g/mol. The summed E-state index contributed by atoms with van der Waals surface area (Å²) in [6.07, 6.45) is 5.70. The van der Waals surface area contributed by atoms with Gasteiger partial charge in [-0.05, 0) is 0 Å². The van der Waals surface area contributed by atoms with Crippen molar-refractivity contribution in [1.82, 2.24) is 15.0 Å². The Balaban J connectivity index is 2.11. The van der Waals surface area contributed by atoms with Crippen LogP contribution in [0.3, 0.4) is 0 Å². The SMILES string of the molecule is O=C(Oc1nccs1)c1cncnc1. The van der Waals surface area contributed by atoms with Crippen LogP contribution in [0.2, 0.25) is 0 Å². The van der Waals surface area contributed by atoms with Crippen molar-refractivity contribution in [2.45, 2.75) is 0 Å². The fraction of sp³-hybridized carbons (Fsp3) is 0. The maximum absolute atomic E-state index is 11.4. The number of rotatable bonds is 2. The lowest BCUT2D eigenvalue weighted by Gasteiger charge is -1.97. The third-order valence-corrected chi connectivity index (χ3v) is 2.03. The van der Waals surface area contributed by atoms with Crippen molar-refractivity contribution in [2.24, 2.45) is 0 Å². The number of ether oxygens (including phenoxy) is 1. The van der Waals surface area contributed by atoms with Crippen LogP contribution in [0, 0.1) is 0 Å². The number of nitrogens with zero attached hydrogens (tertiary/aromatic N) is 3. The van der Waals surface area contributed by atoms with E-state index in [4.69, 9.17) is 4.74 Å². The number of hydrogen-bond acceptors (Lipinski definition) is 6. The summed E-state index contributed by atoms with van der Waals surface area (Å²) in [4.78, 5) is 22.6. The van der Waals surface area contributed by atoms with Gasteiger partial charge in [0.2, 0.25) is 0 Å². The van der Waals surface area contributed by atoms with E-state index in [1.54, 1.807) is 11.6 Å². The van der Waals surface area contributed by atoms with Gasteiger partial charge in [0.1, 0.15) is 6.33 Å². The Morgan fingerprint density at radius 1 is 1.36 bits per heavy atom. The zero-order valence-electron chi connectivity index (χ0n) is 6.95. The third-order valence-electron chi connectivity index (χ3n) is 1.39. The molecule has 0 aliphatic carbocycles. The van der Waals surface area contributed by atoms with Crippen LogP contribution in [0.4, 0.5) is 0 Å². The van der Waals surface area contributed by atoms with Crippen molar-refractivity contribution < 1.29 is 9.53 Å². The molecule has 0 unspecified atom stereocenters. The summed E-state index contributed by atoms with van der Waals surface area (Å²) in [5.74, 6) is -0.499. The van der Waals surface area contributed by atoms with Gasteiger partial charge in [0, 0.05) is 24.0 Å².